The van der Waals surface area contributed by atoms with Crippen LogP contribution in [0.4, 0.5) is 0 Å². The highest BCUT2D eigenvalue weighted by molar-refractivity contribution is 5.91. The first kappa shape index (κ1) is 16.5. The number of carbonyl (C=O) groups excluding carboxylic acids is 1. The minimum Gasteiger partial charge on any atom is -0.338 e. The number of piperidine rings is 1. The van der Waals surface area contributed by atoms with Gasteiger partial charge in [-0.3, -0.25) is 9.20 Å². The topological polar surface area (TPSA) is 50.5 Å². The van der Waals surface area contributed by atoms with E-state index in [1.54, 1.807) is 6.08 Å². The highest BCUT2D eigenvalue weighted by Gasteiger charge is 2.26. The van der Waals surface area contributed by atoms with Crippen LogP contribution in [0.2, 0.25) is 0 Å². The Kier molecular flexibility index (Phi) is 4.52. The number of aromatic nitrogens is 3. The fraction of sp³-hybridized carbons (Fsp3) is 0.286. The monoisotopic (exact) mass is 346 g/mol. The van der Waals surface area contributed by atoms with E-state index < -0.39 is 0 Å². The predicted octanol–water partition coefficient (Wildman–Crippen LogP) is 3.46. The summed E-state index contributed by atoms with van der Waals surface area (Å²) in [5.41, 5.74) is 3.09. The molecule has 1 amide bonds. The molecule has 1 aliphatic rings. The van der Waals surface area contributed by atoms with Gasteiger partial charge in [-0.15, -0.1) is 10.2 Å². The number of pyridine rings is 1. The summed E-state index contributed by atoms with van der Waals surface area (Å²) in [4.78, 5) is 14.6. The van der Waals surface area contributed by atoms with Gasteiger partial charge in [0.1, 0.15) is 5.82 Å². The van der Waals surface area contributed by atoms with Crippen molar-refractivity contribution in [2.45, 2.75) is 25.7 Å². The SMILES string of the molecule is Cc1cccc(/C=C/C(=O)N2CCC[C@H](c3nnc4ccccn34)C2)c1. The molecule has 26 heavy (non-hydrogen) atoms. The lowest BCUT2D eigenvalue weighted by molar-refractivity contribution is -0.127. The first-order valence-electron chi connectivity index (χ1n) is 9.04. The number of aryl methyl sites for hydroxylation is 1. The van der Waals surface area contributed by atoms with E-state index in [0.29, 0.717) is 6.54 Å². The Morgan fingerprint density at radius 2 is 2.12 bits per heavy atom. The molecule has 0 saturated carbocycles. The van der Waals surface area contributed by atoms with Gasteiger partial charge in [0.15, 0.2) is 5.65 Å². The Bertz CT molecular complexity index is 959. The smallest absolute Gasteiger partial charge is 0.246 e. The van der Waals surface area contributed by atoms with E-state index >= 15 is 0 Å². The number of hydrogen-bond donors (Lipinski definition) is 0. The van der Waals surface area contributed by atoms with Crippen LogP contribution >= 0.6 is 0 Å². The molecule has 0 aliphatic carbocycles. The van der Waals surface area contributed by atoms with Crippen LogP contribution in [-0.2, 0) is 4.79 Å². The summed E-state index contributed by atoms with van der Waals surface area (Å²) in [6.45, 7) is 3.54. The second-order valence-electron chi connectivity index (χ2n) is 6.86. The highest BCUT2D eigenvalue weighted by Crippen LogP contribution is 2.26. The first-order valence-corrected chi connectivity index (χ1v) is 9.04. The van der Waals surface area contributed by atoms with Crippen LogP contribution in [-0.4, -0.2) is 38.5 Å². The number of likely N-dealkylation sites (tertiary alicyclic amines) is 1. The van der Waals surface area contributed by atoms with Crippen molar-refractivity contribution < 1.29 is 4.79 Å². The predicted molar refractivity (Wildman–Crippen MR) is 102 cm³/mol. The van der Waals surface area contributed by atoms with Crippen LogP contribution in [0.3, 0.4) is 0 Å². The van der Waals surface area contributed by atoms with E-state index in [1.807, 2.05) is 51.9 Å². The lowest BCUT2D eigenvalue weighted by atomic mass is 9.97. The van der Waals surface area contributed by atoms with Crippen LogP contribution in [0.25, 0.3) is 11.7 Å². The summed E-state index contributed by atoms with van der Waals surface area (Å²) < 4.78 is 2.03. The zero-order valence-electron chi connectivity index (χ0n) is 14.9. The molecule has 0 radical (unpaired) electrons. The molecule has 1 fully saturated rings. The quantitative estimate of drug-likeness (QED) is 0.683. The van der Waals surface area contributed by atoms with Crippen LogP contribution in [0.5, 0.6) is 0 Å². The molecule has 1 saturated heterocycles. The molecule has 0 unspecified atom stereocenters. The Morgan fingerprint density at radius 3 is 3.00 bits per heavy atom. The van der Waals surface area contributed by atoms with Gasteiger partial charge in [0.2, 0.25) is 5.91 Å². The van der Waals surface area contributed by atoms with Crippen molar-refractivity contribution in [3.8, 4) is 0 Å². The molecular weight excluding hydrogens is 324 g/mol. The normalized spacial score (nSPS) is 17.9. The van der Waals surface area contributed by atoms with Crippen molar-refractivity contribution in [3.63, 3.8) is 0 Å². The number of rotatable bonds is 3. The van der Waals surface area contributed by atoms with E-state index in [2.05, 4.69) is 29.3 Å². The molecule has 1 atom stereocenters. The summed E-state index contributed by atoms with van der Waals surface area (Å²) in [5.74, 6) is 1.23. The lowest BCUT2D eigenvalue weighted by Crippen LogP contribution is -2.38. The number of amides is 1. The number of benzene rings is 1. The molecule has 3 heterocycles. The third-order valence-electron chi connectivity index (χ3n) is 4.90. The van der Waals surface area contributed by atoms with Crippen molar-refractivity contribution in [2.75, 3.05) is 13.1 Å². The van der Waals surface area contributed by atoms with Gasteiger partial charge >= 0.3 is 0 Å². The fourth-order valence-electron chi connectivity index (χ4n) is 3.57. The van der Waals surface area contributed by atoms with Crippen molar-refractivity contribution in [1.82, 2.24) is 19.5 Å². The van der Waals surface area contributed by atoms with Crippen LogP contribution in [0.1, 0.15) is 35.7 Å². The number of fused-ring (bicyclic) bond motifs is 1. The molecule has 0 N–H and O–H groups in total. The summed E-state index contributed by atoms with van der Waals surface area (Å²) in [6.07, 6.45) is 7.57. The van der Waals surface area contributed by atoms with Crippen LogP contribution < -0.4 is 0 Å². The van der Waals surface area contributed by atoms with Gasteiger partial charge in [0, 0.05) is 31.3 Å². The number of nitrogens with zero attached hydrogens (tertiary/aromatic N) is 4. The van der Waals surface area contributed by atoms with Crippen LogP contribution in [0.15, 0.2) is 54.7 Å². The number of carbonyl (C=O) groups is 1. The van der Waals surface area contributed by atoms with Crippen molar-refractivity contribution in [3.05, 3.63) is 71.7 Å². The van der Waals surface area contributed by atoms with E-state index in [4.69, 9.17) is 0 Å². The van der Waals surface area contributed by atoms with E-state index in [-0.39, 0.29) is 11.8 Å². The average Bonchev–Trinajstić information content (AvgIpc) is 3.10. The zero-order valence-corrected chi connectivity index (χ0v) is 14.9. The summed E-state index contributed by atoms with van der Waals surface area (Å²) in [6, 6.07) is 14.0. The number of hydrogen-bond acceptors (Lipinski definition) is 3. The molecule has 5 nitrogen and oxygen atoms in total. The maximum atomic E-state index is 12.6. The summed E-state index contributed by atoms with van der Waals surface area (Å²) in [7, 11) is 0. The Morgan fingerprint density at radius 1 is 1.19 bits per heavy atom. The van der Waals surface area contributed by atoms with Crippen molar-refractivity contribution in [1.29, 1.82) is 0 Å². The molecule has 1 aliphatic heterocycles. The fourth-order valence-corrected chi connectivity index (χ4v) is 3.57. The molecule has 2 aromatic heterocycles. The van der Waals surface area contributed by atoms with Gasteiger partial charge < -0.3 is 4.90 Å². The Hall–Kier alpha value is -2.95. The Balaban J connectivity index is 1.49. The van der Waals surface area contributed by atoms with Crippen molar-refractivity contribution in [2.24, 2.45) is 0 Å². The van der Waals surface area contributed by atoms with E-state index in [0.717, 1.165) is 36.4 Å². The van der Waals surface area contributed by atoms with Gasteiger partial charge in [0.25, 0.3) is 0 Å². The van der Waals surface area contributed by atoms with Crippen LogP contribution in [0, 0.1) is 6.92 Å². The van der Waals surface area contributed by atoms with E-state index in [1.165, 1.54) is 5.56 Å². The van der Waals surface area contributed by atoms with Gasteiger partial charge in [-0.2, -0.15) is 0 Å². The van der Waals surface area contributed by atoms with Gasteiger partial charge in [-0.25, -0.2) is 0 Å². The maximum absolute atomic E-state index is 12.6. The highest BCUT2D eigenvalue weighted by atomic mass is 16.2. The van der Waals surface area contributed by atoms with Crippen molar-refractivity contribution >= 4 is 17.6 Å². The zero-order chi connectivity index (χ0) is 17.9. The minimum atomic E-state index is 0.0602. The summed E-state index contributed by atoms with van der Waals surface area (Å²) in [5, 5.41) is 8.62. The average molecular weight is 346 g/mol. The largest absolute Gasteiger partial charge is 0.338 e. The molecule has 1 aromatic carbocycles. The molecule has 132 valence electrons. The molecule has 5 heteroatoms. The van der Waals surface area contributed by atoms with Gasteiger partial charge in [-0.1, -0.05) is 35.9 Å². The van der Waals surface area contributed by atoms with Gasteiger partial charge in [0.05, 0.1) is 0 Å². The third kappa shape index (κ3) is 3.38. The minimum absolute atomic E-state index is 0.0602. The van der Waals surface area contributed by atoms with E-state index in [9.17, 15) is 4.79 Å². The molecule has 0 spiro atoms. The van der Waals surface area contributed by atoms with Gasteiger partial charge in [-0.05, 0) is 43.5 Å². The summed E-state index contributed by atoms with van der Waals surface area (Å²) >= 11 is 0. The lowest BCUT2D eigenvalue weighted by Gasteiger charge is -2.31. The standard InChI is InChI=1S/C21H22N4O/c1-16-6-4-7-17(14-16)10-11-20(26)24-12-5-8-18(15-24)21-23-22-19-9-2-3-13-25(19)21/h2-4,6-7,9-11,13-14,18H,5,8,12,15H2,1H3/b11-10+/t18-/m0/s1. The maximum Gasteiger partial charge on any atom is 0.246 e. The molecule has 3 aromatic rings. The molecule has 0 bridgehead atoms. The Labute approximate surface area is 153 Å². The first-order chi connectivity index (χ1) is 12.7. The second kappa shape index (κ2) is 7.12. The second-order valence-corrected chi connectivity index (χ2v) is 6.86. The third-order valence-corrected chi connectivity index (χ3v) is 4.90. The molecular formula is C21H22N4O. The molecule has 4 rings (SSSR count).